The van der Waals surface area contributed by atoms with Gasteiger partial charge in [0.1, 0.15) is 11.9 Å². The Balaban J connectivity index is 1.43. The molecule has 28 heavy (non-hydrogen) atoms. The van der Waals surface area contributed by atoms with Crippen molar-refractivity contribution >= 4 is 17.7 Å². The molecule has 4 rings (SSSR count). The first-order valence-corrected chi connectivity index (χ1v) is 10.8. The maximum absolute atomic E-state index is 10.8. The van der Waals surface area contributed by atoms with Crippen molar-refractivity contribution in [1.82, 2.24) is 4.98 Å². The lowest BCUT2D eigenvalue weighted by atomic mass is 9.99. The van der Waals surface area contributed by atoms with E-state index in [0.29, 0.717) is 6.42 Å². The van der Waals surface area contributed by atoms with Crippen LogP contribution in [0.1, 0.15) is 50.5 Å². The van der Waals surface area contributed by atoms with Crippen LogP contribution in [0.2, 0.25) is 0 Å². The van der Waals surface area contributed by atoms with Crippen LogP contribution >= 0.6 is 11.8 Å². The van der Waals surface area contributed by atoms with Gasteiger partial charge in [0.05, 0.1) is 11.0 Å². The molecule has 5 nitrogen and oxygen atoms in total. The van der Waals surface area contributed by atoms with Crippen molar-refractivity contribution in [3.05, 3.63) is 42.1 Å². The monoisotopic (exact) mass is 399 g/mol. The fourth-order valence-electron chi connectivity index (χ4n) is 3.81. The van der Waals surface area contributed by atoms with Crippen LogP contribution in [-0.2, 0) is 11.2 Å². The number of aromatic nitrogens is 1. The van der Waals surface area contributed by atoms with E-state index in [1.54, 1.807) is 18.0 Å². The van der Waals surface area contributed by atoms with E-state index in [1.165, 1.54) is 18.4 Å². The van der Waals surface area contributed by atoms with Crippen LogP contribution in [0.25, 0.3) is 0 Å². The van der Waals surface area contributed by atoms with Gasteiger partial charge in [-0.2, -0.15) is 0 Å². The minimum atomic E-state index is -0.770. The Hall–Kier alpha value is -2.21. The van der Waals surface area contributed by atoms with E-state index < -0.39 is 5.97 Å². The first kappa shape index (κ1) is 19.1. The van der Waals surface area contributed by atoms with Gasteiger partial charge in [0.25, 0.3) is 0 Å². The average molecular weight is 400 g/mol. The number of carbonyl (C=O) groups is 1. The minimum Gasteiger partial charge on any atom is -0.490 e. The Morgan fingerprint density at radius 1 is 1.25 bits per heavy atom. The Labute approximate surface area is 169 Å². The van der Waals surface area contributed by atoms with Gasteiger partial charge in [-0.1, -0.05) is 11.8 Å². The summed E-state index contributed by atoms with van der Waals surface area (Å²) < 4.78 is 12.1. The SMILES string of the molecule is O=C(O)CCC1CCc2cc(Sc3cccnc3OC3CCCC3)ccc2O1. The molecule has 1 aliphatic carbocycles. The number of pyridine rings is 1. The summed E-state index contributed by atoms with van der Waals surface area (Å²) in [6, 6.07) is 10.2. The molecule has 1 aromatic carbocycles. The lowest BCUT2D eigenvalue weighted by Gasteiger charge is -2.26. The molecule has 0 saturated heterocycles. The molecular weight excluding hydrogens is 374 g/mol. The number of rotatable bonds is 7. The van der Waals surface area contributed by atoms with Crippen LogP contribution in [0, 0.1) is 0 Å². The van der Waals surface area contributed by atoms with Crippen molar-refractivity contribution in [3.8, 4) is 11.6 Å². The highest BCUT2D eigenvalue weighted by Gasteiger charge is 2.22. The number of carboxylic acid groups (broad SMARTS) is 1. The predicted molar refractivity (Wildman–Crippen MR) is 107 cm³/mol. The van der Waals surface area contributed by atoms with Gasteiger partial charge in [0.2, 0.25) is 5.88 Å². The fraction of sp³-hybridized carbons (Fsp3) is 0.455. The predicted octanol–water partition coefficient (Wildman–Crippen LogP) is 5.11. The van der Waals surface area contributed by atoms with Crippen molar-refractivity contribution in [2.24, 2.45) is 0 Å². The second kappa shape index (κ2) is 8.86. The third kappa shape index (κ3) is 4.79. The molecule has 1 unspecified atom stereocenters. The molecule has 2 heterocycles. The Morgan fingerprint density at radius 2 is 2.11 bits per heavy atom. The van der Waals surface area contributed by atoms with E-state index in [-0.39, 0.29) is 18.6 Å². The molecule has 2 aromatic rings. The summed E-state index contributed by atoms with van der Waals surface area (Å²) in [7, 11) is 0. The molecule has 1 aromatic heterocycles. The van der Waals surface area contributed by atoms with Crippen molar-refractivity contribution < 1.29 is 19.4 Å². The second-order valence-corrected chi connectivity index (χ2v) is 8.53. The first-order chi connectivity index (χ1) is 13.7. The standard InChI is InChI=1S/C22H25NO4S/c24-21(25)12-9-17-8-7-15-14-18(10-11-19(15)26-17)28-20-6-3-13-23-22(20)27-16-4-1-2-5-16/h3,6,10-11,13-14,16-17H,1-2,4-5,7-9,12H2,(H,24,25). The topological polar surface area (TPSA) is 68.7 Å². The highest BCUT2D eigenvalue weighted by atomic mass is 32.2. The molecular formula is C22H25NO4S. The first-order valence-electron chi connectivity index (χ1n) is 9.98. The van der Waals surface area contributed by atoms with Crippen molar-refractivity contribution in [3.63, 3.8) is 0 Å². The lowest BCUT2D eigenvalue weighted by Crippen LogP contribution is -2.23. The van der Waals surface area contributed by atoms with Gasteiger partial charge in [0, 0.05) is 17.5 Å². The largest absolute Gasteiger partial charge is 0.490 e. The van der Waals surface area contributed by atoms with E-state index in [0.717, 1.165) is 47.1 Å². The van der Waals surface area contributed by atoms with Gasteiger partial charge in [-0.15, -0.1) is 0 Å². The molecule has 0 radical (unpaired) electrons. The number of benzene rings is 1. The highest BCUT2D eigenvalue weighted by Crippen LogP contribution is 2.38. The molecule has 1 N–H and O–H groups in total. The number of nitrogens with zero attached hydrogens (tertiary/aromatic N) is 1. The number of hydrogen-bond donors (Lipinski definition) is 1. The van der Waals surface area contributed by atoms with E-state index >= 15 is 0 Å². The van der Waals surface area contributed by atoms with E-state index in [1.807, 2.05) is 12.1 Å². The van der Waals surface area contributed by atoms with Crippen LogP contribution in [-0.4, -0.2) is 28.3 Å². The molecule has 2 aliphatic rings. The summed E-state index contributed by atoms with van der Waals surface area (Å²) >= 11 is 1.66. The van der Waals surface area contributed by atoms with Crippen molar-refractivity contribution in [1.29, 1.82) is 0 Å². The van der Waals surface area contributed by atoms with E-state index in [4.69, 9.17) is 14.6 Å². The molecule has 1 fully saturated rings. The zero-order chi connectivity index (χ0) is 19.3. The van der Waals surface area contributed by atoms with Gasteiger partial charge in [-0.3, -0.25) is 4.79 Å². The van der Waals surface area contributed by atoms with Gasteiger partial charge >= 0.3 is 5.97 Å². The van der Waals surface area contributed by atoms with Crippen LogP contribution in [0.3, 0.4) is 0 Å². The third-order valence-electron chi connectivity index (χ3n) is 5.29. The Morgan fingerprint density at radius 3 is 2.93 bits per heavy atom. The zero-order valence-corrected chi connectivity index (χ0v) is 16.6. The van der Waals surface area contributed by atoms with Gasteiger partial charge in [0.15, 0.2) is 0 Å². The number of ether oxygens (including phenoxy) is 2. The maximum atomic E-state index is 10.8. The third-order valence-corrected chi connectivity index (χ3v) is 6.31. The smallest absolute Gasteiger partial charge is 0.303 e. The Kier molecular flexibility index (Phi) is 6.05. The molecule has 1 aliphatic heterocycles. The molecule has 0 amide bonds. The number of hydrogen-bond acceptors (Lipinski definition) is 5. The Bertz CT molecular complexity index is 835. The normalized spacial score (nSPS) is 19.1. The summed E-state index contributed by atoms with van der Waals surface area (Å²) in [5.41, 5.74) is 1.18. The van der Waals surface area contributed by atoms with Crippen LogP contribution in [0.5, 0.6) is 11.6 Å². The van der Waals surface area contributed by atoms with E-state index in [2.05, 4.69) is 23.2 Å². The minimum absolute atomic E-state index is 0.00755. The summed E-state index contributed by atoms with van der Waals surface area (Å²) in [5.74, 6) is 0.829. The lowest BCUT2D eigenvalue weighted by molar-refractivity contribution is -0.137. The number of carboxylic acids is 1. The summed E-state index contributed by atoms with van der Waals surface area (Å²) in [6.45, 7) is 0. The maximum Gasteiger partial charge on any atom is 0.303 e. The van der Waals surface area contributed by atoms with Gasteiger partial charge in [-0.05, 0) is 80.8 Å². The van der Waals surface area contributed by atoms with Gasteiger partial charge in [-0.25, -0.2) is 4.98 Å². The average Bonchev–Trinajstić information content (AvgIpc) is 3.21. The molecule has 1 atom stereocenters. The summed E-state index contributed by atoms with van der Waals surface area (Å²) in [5, 5.41) is 8.85. The molecule has 1 saturated carbocycles. The van der Waals surface area contributed by atoms with Crippen molar-refractivity contribution in [2.45, 2.75) is 73.4 Å². The fourth-order valence-corrected chi connectivity index (χ4v) is 4.73. The molecule has 0 spiro atoms. The highest BCUT2D eigenvalue weighted by molar-refractivity contribution is 7.99. The quantitative estimate of drug-likeness (QED) is 0.697. The summed E-state index contributed by atoms with van der Waals surface area (Å²) in [4.78, 5) is 17.4. The van der Waals surface area contributed by atoms with E-state index in [9.17, 15) is 4.79 Å². The number of aryl methyl sites for hydroxylation is 1. The van der Waals surface area contributed by atoms with Crippen LogP contribution in [0.15, 0.2) is 46.3 Å². The number of fused-ring (bicyclic) bond motifs is 1. The molecule has 0 bridgehead atoms. The van der Waals surface area contributed by atoms with Crippen LogP contribution < -0.4 is 9.47 Å². The van der Waals surface area contributed by atoms with Crippen molar-refractivity contribution in [2.75, 3.05) is 0 Å². The van der Waals surface area contributed by atoms with Gasteiger partial charge < -0.3 is 14.6 Å². The molecule has 148 valence electrons. The van der Waals surface area contributed by atoms with Crippen LogP contribution in [0.4, 0.5) is 0 Å². The summed E-state index contributed by atoms with van der Waals surface area (Å²) in [6.07, 6.45) is 9.23. The zero-order valence-electron chi connectivity index (χ0n) is 15.8. The second-order valence-electron chi connectivity index (χ2n) is 7.41. The molecule has 6 heteroatoms. The number of aliphatic carboxylic acids is 1.